The maximum atomic E-state index is 4.82. The van der Waals surface area contributed by atoms with E-state index in [1.807, 2.05) is 12.3 Å². The highest BCUT2D eigenvalue weighted by Crippen LogP contribution is 2.36. The van der Waals surface area contributed by atoms with Crippen LogP contribution < -0.4 is 5.32 Å². The van der Waals surface area contributed by atoms with E-state index in [4.69, 9.17) is 9.97 Å². The normalized spacial score (nSPS) is 14.0. The minimum absolute atomic E-state index is 0.498. The van der Waals surface area contributed by atoms with Gasteiger partial charge in [-0.2, -0.15) is 0 Å². The Morgan fingerprint density at radius 3 is 2.26 bits per heavy atom. The van der Waals surface area contributed by atoms with Gasteiger partial charge in [-0.05, 0) is 70.8 Å². The summed E-state index contributed by atoms with van der Waals surface area (Å²) in [7, 11) is 2.17. The summed E-state index contributed by atoms with van der Waals surface area (Å²) in [5.41, 5.74) is 4.45. The van der Waals surface area contributed by atoms with Crippen LogP contribution >= 0.6 is 11.3 Å². The molecular weight excluding hydrogens is 450 g/mol. The number of nitrogens with one attached hydrogen (secondary N) is 1. The largest absolute Gasteiger partial charge is 0.351 e. The van der Waals surface area contributed by atoms with Crippen molar-refractivity contribution in [1.82, 2.24) is 19.9 Å². The van der Waals surface area contributed by atoms with Crippen LogP contribution in [0.5, 0.6) is 0 Å². The predicted octanol–water partition coefficient (Wildman–Crippen LogP) is 7.62. The van der Waals surface area contributed by atoms with Gasteiger partial charge >= 0.3 is 0 Å². The molecule has 1 N–H and O–H groups in total. The van der Waals surface area contributed by atoms with Crippen molar-refractivity contribution < 1.29 is 0 Å². The molecule has 0 saturated heterocycles. The smallest absolute Gasteiger partial charge is 0.223 e. The summed E-state index contributed by atoms with van der Waals surface area (Å²) in [4.78, 5) is 17.5. The van der Waals surface area contributed by atoms with Crippen molar-refractivity contribution in [2.24, 2.45) is 0 Å². The summed E-state index contributed by atoms with van der Waals surface area (Å²) in [6.07, 6.45) is 11.8. The van der Waals surface area contributed by atoms with Gasteiger partial charge in [0.2, 0.25) is 5.95 Å². The first kappa shape index (κ1) is 27.3. The Hall–Kier alpha value is -2.31. The molecule has 5 nitrogen and oxygen atoms in total. The minimum atomic E-state index is 0.498. The number of benzene rings is 1. The van der Waals surface area contributed by atoms with Gasteiger partial charge in [0, 0.05) is 17.8 Å². The van der Waals surface area contributed by atoms with E-state index in [-0.39, 0.29) is 0 Å². The van der Waals surface area contributed by atoms with Crippen molar-refractivity contribution in [2.75, 3.05) is 25.5 Å². The minimum Gasteiger partial charge on any atom is -0.351 e. The van der Waals surface area contributed by atoms with Crippen molar-refractivity contribution in [2.45, 2.75) is 85.1 Å². The second kappa shape index (κ2) is 14.3. The molecule has 4 rings (SSSR count). The zero-order valence-electron chi connectivity index (χ0n) is 22.3. The molecule has 0 unspecified atom stereocenters. The highest BCUT2D eigenvalue weighted by atomic mass is 32.1. The fraction of sp³-hybridized carbons (Fsp3) is 0.552. The number of nitrogens with zero attached hydrogens (tertiary/aromatic N) is 4. The van der Waals surface area contributed by atoms with Gasteiger partial charge in [0.05, 0.1) is 21.3 Å². The average molecular weight is 494 g/mol. The van der Waals surface area contributed by atoms with Crippen LogP contribution in [-0.4, -0.2) is 46.0 Å². The number of hydrogen-bond donors (Lipinski definition) is 1. The molecule has 0 radical (unpaired) electrons. The molecule has 2 aromatic heterocycles. The molecule has 35 heavy (non-hydrogen) atoms. The lowest BCUT2D eigenvalue weighted by Gasteiger charge is -2.22. The summed E-state index contributed by atoms with van der Waals surface area (Å²) in [5.74, 6) is 0.734. The monoisotopic (exact) mass is 493 g/mol. The summed E-state index contributed by atoms with van der Waals surface area (Å²) < 4.78 is 0. The fourth-order valence-electron chi connectivity index (χ4n) is 4.55. The summed E-state index contributed by atoms with van der Waals surface area (Å²) in [5, 5.41) is 4.59. The zero-order valence-corrected chi connectivity index (χ0v) is 23.1. The standard InChI is InChI=1S/C22H26N4S.C7H17N/c1-3-16-9-11-17(12-10-16)20-21(27-15(2)24-20)19-13-14-23-22(26-19)25-18-7-5-4-6-8-18;1-4-6-8(3)7-5-2/h9-14,18H,3-8H2,1-2H3,(H,23,25,26);4-7H2,1-3H3. The Morgan fingerprint density at radius 2 is 1.63 bits per heavy atom. The lowest BCUT2D eigenvalue weighted by atomic mass is 9.96. The molecule has 1 aliphatic rings. The van der Waals surface area contributed by atoms with Crippen LogP contribution in [0.25, 0.3) is 21.8 Å². The van der Waals surface area contributed by atoms with Crippen molar-refractivity contribution in [1.29, 1.82) is 0 Å². The van der Waals surface area contributed by atoms with E-state index < -0.39 is 0 Å². The SMILES string of the molecule is CCCN(C)CCC.CCc1ccc(-c2nc(C)sc2-c2ccnc(NC3CCCCC3)n2)cc1. The molecule has 0 spiro atoms. The molecule has 1 aliphatic carbocycles. The van der Waals surface area contributed by atoms with E-state index in [1.165, 1.54) is 63.6 Å². The first-order valence-corrected chi connectivity index (χ1v) is 14.2. The van der Waals surface area contributed by atoms with Crippen LogP contribution in [-0.2, 0) is 6.42 Å². The Morgan fingerprint density at radius 1 is 0.943 bits per heavy atom. The Balaban J connectivity index is 0.000000371. The van der Waals surface area contributed by atoms with Gasteiger partial charge in [0.25, 0.3) is 0 Å². The van der Waals surface area contributed by atoms with Crippen LogP contribution in [0.4, 0.5) is 5.95 Å². The molecule has 190 valence electrons. The molecule has 1 aromatic carbocycles. The third-order valence-corrected chi connectivity index (χ3v) is 7.40. The highest BCUT2D eigenvalue weighted by molar-refractivity contribution is 7.15. The topological polar surface area (TPSA) is 53.9 Å². The van der Waals surface area contributed by atoms with Gasteiger partial charge in [-0.25, -0.2) is 15.0 Å². The average Bonchev–Trinajstić information content (AvgIpc) is 3.27. The van der Waals surface area contributed by atoms with Crippen molar-refractivity contribution >= 4 is 17.3 Å². The summed E-state index contributed by atoms with van der Waals surface area (Å²) in [6, 6.07) is 11.2. The molecule has 0 atom stereocenters. The predicted molar refractivity (Wildman–Crippen MR) is 151 cm³/mol. The summed E-state index contributed by atoms with van der Waals surface area (Å²) in [6.45, 7) is 11.1. The van der Waals surface area contributed by atoms with Crippen LogP contribution in [0.15, 0.2) is 36.5 Å². The molecule has 1 fully saturated rings. The highest BCUT2D eigenvalue weighted by Gasteiger charge is 2.17. The van der Waals surface area contributed by atoms with E-state index in [2.05, 4.69) is 74.2 Å². The quantitative estimate of drug-likeness (QED) is 0.332. The van der Waals surface area contributed by atoms with Gasteiger partial charge in [0.1, 0.15) is 0 Å². The van der Waals surface area contributed by atoms with Crippen LogP contribution in [0.1, 0.15) is 76.3 Å². The number of rotatable bonds is 9. The van der Waals surface area contributed by atoms with Gasteiger partial charge in [-0.1, -0.05) is 64.3 Å². The van der Waals surface area contributed by atoms with Gasteiger partial charge in [-0.3, -0.25) is 0 Å². The number of thiazole rings is 1. The Labute approximate surface area is 216 Å². The molecule has 0 aliphatic heterocycles. The third kappa shape index (κ3) is 8.39. The van der Waals surface area contributed by atoms with E-state index >= 15 is 0 Å². The first-order chi connectivity index (χ1) is 17.0. The third-order valence-electron chi connectivity index (χ3n) is 6.41. The van der Waals surface area contributed by atoms with E-state index in [0.717, 1.165) is 39.2 Å². The lowest BCUT2D eigenvalue weighted by Crippen LogP contribution is -2.23. The molecule has 2 heterocycles. The first-order valence-electron chi connectivity index (χ1n) is 13.4. The second-order valence-corrected chi connectivity index (χ2v) is 10.7. The van der Waals surface area contributed by atoms with Crippen LogP contribution in [0.3, 0.4) is 0 Å². The van der Waals surface area contributed by atoms with Crippen LogP contribution in [0.2, 0.25) is 0 Å². The number of anilines is 1. The molecule has 0 bridgehead atoms. The van der Waals surface area contributed by atoms with Gasteiger partial charge in [-0.15, -0.1) is 11.3 Å². The van der Waals surface area contributed by atoms with Gasteiger partial charge in [0.15, 0.2) is 0 Å². The molecule has 3 aromatic rings. The zero-order chi connectivity index (χ0) is 25.0. The van der Waals surface area contributed by atoms with E-state index in [1.54, 1.807) is 11.3 Å². The van der Waals surface area contributed by atoms with E-state index in [0.29, 0.717) is 6.04 Å². The molecule has 0 amide bonds. The molecular formula is C29H43N5S. The number of hydrogen-bond acceptors (Lipinski definition) is 6. The second-order valence-electron chi connectivity index (χ2n) is 9.51. The van der Waals surface area contributed by atoms with Crippen molar-refractivity contribution in [3.05, 3.63) is 47.1 Å². The van der Waals surface area contributed by atoms with Crippen LogP contribution in [0, 0.1) is 6.92 Å². The Kier molecular flexibility index (Phi) is 11.1. The van der Waals surface area contributed by atoms with Crippen molar-refractivity contribution in [3.8, 4) is 21.8 Å². The maximum Gasteiger partial charge on any atom is 0.223 e. The van der Waals surface area contributed by atoms with Crippen molar-refractivity contribution in [3.63, 3.8) is 0 Å². The Bertz CT molecular complexity index is 1000. The molecule has 6 heteroatoms. The number of aryl methyl sites for hydroxylation is 2. The number of aromatic nitrogens is 3. The summed E-state index contributed by atoms with van der Waals surface area (Å²) >= 11 is 1.70. The molecule has 1 saturated carbocycles. The fourth-order valence-corrected chi connectivity index (χ4v) is 5.46. The lowest BCUT2D eigenvalue weighted by molar-refractivity contribution is 0.335. The van der Waals surface area contributed by atoms with Gasteiger partial charge < -0.3 is 10.2 Å². The van der Waals surface area contributed by atoms with E-state index in [9.17, 15) is 0 Å². The maximum absolute atomic E-state index is 4.82.